The summed E-state index contributed by atoms with van der Waals surface area (Å²) in [6, 6.07) is 16.4. The number of para-hydroxylation sites is 2. The molecule has 2 unspecified atom stereocenters. The molecule has 0 aliphatic carbocycles. The number of amides is 1. The van der Waals surface area contributed by atoms with Crippen LogP contribution in [0.4, 0.5) is 0 Å². The lowest BCUT2D eigenvalue weighted by Crippen LogP contribution is -2.39. The van der Waals surface area contributed by atoms with E-state index in [9.17, 15) is 4.79 Å². The average molecular weight is 338 g/mol. The summed E-state index contributed by atoms with van der Waals surface area (Å²) in [7, 11) is 3.34. The van der Waals surface area contributed by atoms with Crippen molar-refractivity contribution >= 4 is 5.91 Å². The summed E-state index contributed by atoms with van der Waals surface area (Å²) in [6.07, 6.45) is -0.711. The minimum absolute atomic E-state index is 0.175. The minimum atomic E-state index is -0.711. The van der Waals surface area contributed by atoms with E-state index in [0.717, 1.165) is 11.3 Å². The van der Waals surface area contributed by atoms with Gasteiger partial charge in [-0.25, -0.2) is 0 Å². The molecule has 0 saturated carbocycles. The molecule has 0 spiro atoms. The van der Waals surface area contributed by atoms with Gasteiger partial charge in [0, 0.05) is 12.6 Å². The minimum Gasteiger partial charge on any atom is -0.496 e. The number of carbonyl (C=O) groups is 1. The van der Waals surface area contributed by atoms with Crippen molar-refractivity contribution in [3.8, 4) is 17.6 Å². The first-order chi connectivity index (χ1) is 12.0. The fourth-order valence-electron chi connectivity index (χ4n) is 2.60. The number of benzene rings is 2. The molecule has 0 aliphatic rings. The van der Waals surface area contributed by atoms with Gasteiger partial charge in [0.15, 0.2) is 6.10 Å². The molecule has 25 heavy (non-hydrogen) atoms. The van der Waals surface area contributed by atoms with Crippen LogP contribution in [-0.4, -0.2) is 31.1 Å². The van der Waals surface area contributed by atoms with E-state index < -0.39 is 6.10 Å². The van der Waals surface area contributed by atoms with Crippen LogP contribution in [0.15, 0.2) is 48.5 Å². The van der Waals surface area contributed by atoms with Gasteiger partial charge in [-0.3, -0.25) is 4.79 Å². The summed E-state index contributed by atoms with van der Waals surface area (Å²) in [5, 5.41) is 9.13. The predicted molar refractivity (Wildman–Crippen MR) is 95.4 cm³/mol. The van der Waals surface area contributed by atoms with E-state index in [1.807, 2.05) is 31.2 Å². The largest absolute Gasteiger partial charge is 0.496 e. The highest BCUT2D eigenvalue weighted by atomic mass is 16.5. The SMILES string of the molecule is COc1ccccc1C(C)N(C)C(=O)C(C)Oc1ccccc1C#N. The Hall–Kier alpha value is -3.00. The Bertz CT molecular complexity index is 783. The van der Waals surface area contributed by atoms with Crippen LogP contribution in [0, 0.1) is 11.3 Å². The second-order valence-electron chi connectivity index (χ2n) is 5.74. The van der Waals surface area contributed by atoms with Gasteiger partial charge in [0.05, 0.1) is 18.7 Å². The van der Waals surface area contributed by atoms with Crippen molar-refractivity contribution in [1.29, 1.82) is 5.26 Å². The molecular weight excluding hydrogens is 316 g/mol. The Morgan fingerprint density at radius 1 is 1.08 bits per heavy atom. The summed E-state index contributed by atoms with van der Waals surface area (Å²) in [4.78, 5) is 14.4. The van der Waals surface area contributed by atoms with Crippen molar-refractivity contribution < 1.29 is 14.3 Å². The maximum atomic E-state index is 12.7. The third-order valence-corrected chi connectivity index (χ3v) is 4.18. The van der Waals surface area contributed by atoms with Gasteiger partial charge in [-0.1, -0.05) is 30.3 Å². The van der Waals surface area contributed by atoms with Crippen molar-refractivity contribution in [3.05, 3.63) is 59.7 Å². The van der Waals surface area contributed by atoms with Crippen LogP contribution in [-0.2, 0) is 4.79 Å². The van der Waals surface area contributed by atoms with Crippen molar-refractivity contribution in [2.75, 3.05) is 14.2 Å². The number of hydrogen-bond donors (Lipinski definition) is 0. The number of nitrogens with zero attached hydrogens (tertiary/aromatic N) is 2. The molecule has 5 heteroatoms. The van der Waals surface area contributed by atoms with Crippen molar-refractivity contribution in [2.24, 2.45) is 0 Å². The van der Waals surface area contributed by atoms with Crippen LogP contribution < -0.4 is 9.47 Å². The van der Waals surface area contributed by atoms with Crippen LogP contribution in [0.3, 0.4) is 0 Å². The number of nitriles is 1. The standard InChI is InChI=1S/C20H22N2O3/c1-14(17-10-6-8-12-19(17)24-4)22(3)20(23)15(2)25-18-11-7-5-9-16(18)13-21/h5-12,14-15H,1-4H3. The molecule has 0 heterocycles. The van der Waals surface area contributed by atoms with E-state index in [0.29, 0.717) is 11.3 Å². The molecule has 2 atom stereocenters. The van der Waals surface area contributed by atoms with E-state index in [2.05, 4.69) is 6.07 Å². The molecule has 130 valence electrons. The topological polar surface area (TPSA) is 62.6 Å². The number of hydrogen-bond acceptors (Lipinski definition) is 4. The monoisotopic (exact) mass is 338 g/mol. The number of likely N-dealkylation sites (N-methyl/N-ethyl adjacent to an activating group) is 1. The third-order valence-electron chi connectivity index (χ3n) is 4.18. The Kier molecular flexibility index (Phi) is 6.02. The quantitative estimate of drug-likeness (QED) is 0.808. The molecule has 2 rings (SSSR count). The molecule has 0 aliphatic heterocycles. The highest BCUT2D eigenvalue weighted by molar-refractivity contribution is 5.81. The van der Waals surface area contributed by atoms with Crippen LogP contribution >= 0.6 is 0 Å². The summed E-state index contributed by atoms with van der Waals surface area (Å²) >= 11 is 0. The van der Waals surface area contributed by atoms with Gasteiger partial charge in [0.25, 0.3) is 5.91 Å². The van der Waals surface area contributed by atoms with Crippen molar-refractivity contribution in [2.45, 2.75) is 26.0 Å². The Morgan fingerprint density at radius 3 is 2.32 bits per heavy atom. The lowest BCUT2D eigenvalue weighted by molar-refractivity contribution is -0.138. The molecule has 5 nitrogen and oxygen atoms in total. The molecule has 0 aromatic heterocycles. The number of carbonyl (C=O) groups excluding carboxylic acids is 1. The van der Waals surface area contributed by atoms with Crippen LogP contribution in [0.25, 0.3) is 0 Å². The van der Waals surface area contributed by atoms with Gasteiger partial charge in [-0.2, -0.15) is 5.26 Å². The summed E-state index contributed by atoms with van der Waals surface area (Å²) in [5.74, 6) is 0.966. The van der Waals surface area contributed by atoms with Gasteiger partial charge < -0.3 is 14.4 Å². The fraction of sp³-hybridized carbons (Fsp3) is 0.300. The fourth-order valence-corrected chi connectivity index (χ4v) is 2.60. The Labute approximate surface area is 148 Å². The first-order valence-electron chi connectivity index (χ1n) is 8.05. The third kappa shape index (κ3) is 4.10. The van der Waals surface area contributed by atoms with Crippen LogP contribution in [0.1, 0.15) is 31.0 Å². The lowest BCUT2D eigenvalue weighted by Gasteiger charge is -2.29. The molecule has 0 N–H and O–H groups in total. The smallest absolute Gasteiger partial charge is 0.263 e. The summed E-state index contributed by atoms with van der Waals surface area (Å²) in [6.45, 7) is 3.62. The van der Waals surface area contributed by atoms with E-state index in [1.54, 1.807) is 50.2 Å². The zero-order valence-electron chi connectivity index (χ0n) is 14.9. The Morgan fingerprint density at radius 2 is 1.68 bits per heavy atom. The molecule has 0 saturated heterocycles. The maximum absolute atomic E-state index is 12.7. The molecule has 2 aromatic rings. The van der Waals surface area contributed by atoms with Crippen LogP contribution in [0.5, 0.6) is 11.5 Å². The maximum Gasteiger partial charge on any atom is 0.263 e. The normalized spacial score (nSPS) is 12.6. The first kappa shape index (κ1) is 18.3. The highest BCUT2D eigenvalue weighted by Crippen LogP contribution is 2.29. The number of ether oxygens (including phenoxy) is 2. The molecule has 0 radical (unpaired) electrons. The van der Waals surface area contributed by atoms with Gasteiger partial charge in [-0.15, -0.1) is 0 Å². The number of rotatable bonds is 6. The van der Waals surface area contributed by atoms with E-state index >= 15 is 0 Å². The zero-order chi connectivity index (χ0) is 18.4. The average Bonchev–Trinajstić information content (AvgIpc) is 2.66. The first-order valence-corrected chi connectivity index (χ1v) is 8.05. The van der Waals surface area contributed by atoms with E-state index in [4.69, 9.17) is 14.7 Å². The van der Waals surface area contributed by atoms with Gasteiger partial charge in [0.1, 0.15) is 17.6 Å². The summed E-state index contributed by atoms with van der Waals surface area (Å²) in [5.41, 5.74) is 1.33. The molecule has 2 aromatic carbocycles. The second-order valence-corrected chi connectivity index (χ2v) is 5.74. The molecule has 0 bridgehead atoms. The van der Waals surface area contributed by atoms with Gasteiger partial charge in [-0.05, 0) is 32.0 Å². The lowest BCUT2D eigenvalue weighted by atomic mass is 10.1. The van der Waals surface area contributed by atoms with E-state index in [-0.39, 0.29) is 11.9 Å². The Balaban J connectivity index is 2.14. The van der Waals surface area contributed by atoms with E-state index in [1.165, 1.54) is 0 Å². The molecular formula is C20H22N2O3. The molecule has 0 fully saturated rings. The van der Waals surface area contributed by atoms with Crippen molar-refractivity contribution in [1.82, 2.24) is 4.90 Å². The predicted octanol–water partition coefficient (Wildman–Crippen LogP) is 3.55. The second kappa shape index (κ2) is 8.20. The van der Waals surface area contributed by atoms with Gasteiger partial charge >= 0.3 is 0 Å². The zero-order valence-corrected chi connectivity index (χ0v) is 14.9. The van der Waals surface area contributed by atoms with Crippen LogP contribution in [0.2, 0.25) is 0 Å². The molecule has 1 amide bonds. The van der Waals surface area contributed by atoms with Gasteiger partial charge in [0.2, 0.25) is 0 Å². The number of methoxy groups -OCH3 is 1. The summed E-state index contributed by atoms with van der Waals surface area (Å²) < 4.78 is 11.1. The highest BCUT2D eigenvalue weighted by Gasteiger charge is 2.26. The van der Waals surface area contributed by atoms with Crippen molar-refractivity contribution in [3.63, 3.8) is 0 Å².